The number of nitrogens with zero attached hydrogens (tertiary/aromatic N) is 2. The Labute approximate surface area is 135 Å². The van der Waals surface area contributed by atoms with E-state index in [1.54, 1.807) is 0 Å². The van der Waals surface area contributed by atoms with E-state index in [1.807, 2.05) is 11.3 Å². The van der Waals surface area contributed by atoms with Gasteiger partial charge >= 0.3 is 0 Å². The molecule has 0 unspecified atom stereocenters. The molecule has 2 nitrogen and oxygen atoms in total. The van der Waals surface area contributed by atoms with Gasteiger partial charge in [-0.2, -0.15) is 0 Å². The normalized spacial score (nSPS) is 15.4. The lowest BCUT2D eigenvalue weighted by atomic mass is 10.0. The van der Waals surface area contributed by atoms with E-state index in [2.05, 4.69) is 43.1 Å². The van der Waals surface area contributed by atoms with E-state index in [4.69, 9.17) is 11.6 Å². The Morgan fingerprint density at radius 2 is 2.05 bits per heavy atom. The third-order valence-corrected chi connectivity index (χ3v) is 5.26. The van der Waals surface area contributed by atoms with Gasteiger partial charge in [0.1, 0.15) is 0 Å². The SMILES string of the molecule is CN(C)Cc1sc2ccc(Cl)c3c2c1CN(C)CC3.Cl. The van der Waals surface area contributed by atoms with Crippen molar-refractivity contribution in [2.75, 3.05) is 27.7 Å². The zero-order valence-electron chi connectivity index (χ0n) is 12.1. The molecule has 1 aliphatic heterocycles. The van der Waals surface area contributed by atoms with Gasteiger partial charge in [0.15, 0.2) is 0 Å². The smallest absolute Gasteiger partial charge is 0.0445 e. The molecule has 0 fully saturated rings. The van der Waals surface area contributed by atoms with Gasteiger partial charge in [-0.05, 0) is 50.8 Å². The number of hydrogen-bond acceptors (Lipinski definition) is 3. The predicted octanol–water partition coefficient (Wildman–Crippen LogP) is 4.03. The lowest BCUT2D eigenvalue weighted by molar-refractivity contribution is 0.333. The van der Waals surface area contributed by atoms with Gasteiger partial charge < -0.3 is 9.80 Å². The Balaban J connectivity index is 0.00000147. The second kappa shape index (κ2) is 6.20. The van der Waals surface area contributed by atoms with Crippen LogP contribution in [0.1, 0.15) is 16.0 Å². The van der Waals surface area contributed by atoms with E-state index in [-0.39, 0.29) is 12.4 Å². The molecule has 1 aromatic carbocycles. The Bertz CT molecular complexity index is 622. The number of rotatable bonds is 2. The van der Waals surface area contributed by atoms with Crippen LogP contribution in [0.15, 0.2) is 12.1 Å². The molecule has 0 saturated carbocycles. The van der Waals surface area contributed by atoms with Crippen molar-refractivity contribution >= 4 is 45.4 Å². The molecule has 0 radical (unpaired) electrons. The highest BCUT2D eigenvalue weighted by Crippen LogP contribution is 2.39. The summed E-state index contributed by atoms with van der Waals surface area (Å²) < 4.78 is 1.39. The van der Waals surface area contributed by atoms with Crippen molar-refractivity contribution in [2.24, 2.45) is 0 Å². The zero-order valence-corrected chi connectivity index (χ0v) is 14.5. The van der Waals surface area contributed by atoms with Crippen LogP contribution < -0.4 is 0 Å². The number of halogens is 2. The fourth-order valence-electron chi connectivity index (χ4n) is 2.83. The number of benzene rings is 1. The van der Waals surface area contributed by atoms with Crippen molar-refractivity contribution in [3.8, 4) is 0 Å². The fraction of sp³-hybridized carbons (Fsp3) is 0.467. The summed E-state index contributed by atoms with van der Waals surface area (Å²) in [6.45, 7) is 3.13. The van der Waals surface area contributed by atoms with Gasteiger partial charge in [0.25, 0.3) is 0 Å². The molecule has 0 atom stereocenters. The highest BCUT2D eigenvalue weighted by atomic mass is 35.5. The maximum Gasteiger partial charge on any atom is 0.0445 e. The van der Waals surface area contributed by atoms with Crippen LogP contribution in [0.2, 0.25) is 5.02 Å². The van der Waals surface area contributed by atoms with Crippen molar-refractivity contribution in [1.82, 2.24) is 9.80 Å². The van der Waals surface area contributed by atoms with Gasteiger partial charge in [0.05, 0.1) is 0 Å². The van der Waals surface area contributed by atoms with E-state index in [1.165, 1.54) is 26.1 Å². The number of hydrogen-bond donors (Lipinski definition) is 0. The van der Waals surface area contributed by atoms with E-state index < -0.39 is 0 Å². The largest absolute Gasteiger partial charge is 0.304 e. The predicted molar refractivity (Wildman–Crippen MR) is 91.5 cm³/mol. The third kappa shape index (κ3) is 2.83. The van der Waals surface area contributed by atoms with Gasteiger partial charge in [-0.15, -0.1) is 23.7 Å². The maximum absolute atomic E-state index is 6.42. The first kappa shape index (κ1) is 16.1. The first-order valence-electron chi connectivity index (χ1n) is 6.61. The summed E-state index contributed by atoms with van der Waals surface area (Å²) in [6.07, 6.45) is 1.05. The van der Waals surface area contributed by atoms with E-state index in [0.717, 1.165) is 31.1 Å². The van der Waals surface area contributed by atoms with Crippen LogP contribution in [0.3, 0.4) is 0 Å². The van der Waals surface area contributed by atoms with Gasteiger partial charge in [-0.3, -0.25) is 0 Å². The van der Waals surface area contributed by atoms with Gasteiger partial charge in [0.2, 0.25) is 0 Å². The summed E-state index contributed by atoms with van der Waals surface area (Å²) in [5.74, 6) is 0. The standard InChI is InChI=1S/C15H19ClN2S.ClH/c1-17(2)9-14-11-8-18(3)7-6-10-12(16)4-5-13(19-14)15(10)11;/h4-5H,6-9H2,1-3H3;1H. The summed E-state index contributed by atoms with van der Waals surface area (Å²) in [5.41, 5.74) is 2.84. The van der Waals surface area contributed by atoms with E-state index >= 15 is 0 Å². The molecule has 110 valence electrons. The average Bonchev–Trinajstić information content (AvgIpc) is 2.55. The summed E-state index contributed by atoms with van der Waals surface area (Å²) in [4.78, 5) is 6.13. The van der Waals surface area contributed by atoms with Crippen LogP contribution in [-0.4, -0.2) is 37.5 Å². The highest BCUT2D eigenvalue weighted by molar-refractivity contribution is 7.19. The lowest BCUT2D eigenvalue weighted by Crippen LogP contribution is -2.19. The molecule has 2 aromatic rings. The second-order valence-electron chi connectivity index (χ2n) is 5.63. The van der Waals surface area contributed by atoms with Crippen molar-refractivity contribution in [3.63, 3.8) is 0 Å². The monoisotopic (exact) mass is 330 g/mol. The summed E-state index contributed by atoms with van der Waals surface area (Å²) in [5, 5.41) is 2.36. The molecule has 2 heterocycles. The Morgan fingerprint density at radius 1 is 1.30 bits per heavy atom. The van der Waals surface area contributed by atoms with E-state index in [9.17, 15) is 0 Å². The zero-order chi connectivity index (χ0) is 13.6. The minimum atomic E-state index is 0. The molecule has 0 bridgehead atoms. The molecule has 0 N–H and O–H groups in total. The summed E-state index contributed by atoms with van der Waals surface area (Å²) >= 11 is 8.34. The quantitative estimate of drug-likeness (QED) is 0.820. The molecular formula is C15H20Cl2N2S. The van der Waals surface area contributed by atoms with Crippen molar-refractivity contribution < 1.29 is 0 Å². The van der Waals surface area contributed by atoms with Crippen molar-refractivity contribution in [2.45, 2.75) is 19.5 Å². The molecule has 1 aromatic heterocycles. The molecule has 5 heteroatoms. The van der Waals surface area contributed by atoms with Gasteiger partial charge in [-0.1, -0.05) is 11.6 Å². The topological polar surface area (TPSA) is 6.48 Å². The molecule has 0 aliphatic carbocycles. The van der Waals surface area contributed by atoms with Crippen molar-refractivity contribution in [1.29, 1.82) is 0 Å². The van der Waals surface area contributed by atoms with Crippen LogP contribution >= 0.6 is 35.3 Å². The van der Waals surface area contributed by atoms with E-state index in [0.29, 0.717) is 0 Å². The van der Waals surface area contributed by atoms with Gasteiger partial charge in [0, 0.05) is 39.6 Å². The third-order valence-electron chi connectivity index (χ3n) is 3.72. The minimum absolute atomic E-state index is 0. The molecule has 20 heavy (non-hydrogen) atoms. The Kier molecular flexibility index (Phi) is 4.98. The summed E-state index contributed by atoms with van der Waals surface area (Å²) in [7, 11) is 6.46. The molecule has 0 spiro atoms. The van der Waals surface area contributed by atoms with Crippen LogP contribution in [-0.2, 0) is 19.5 Å². The lowest BCUT2D eigenvalue weighted by Gasteiger charge is -2.15. The molecule has 3 rings (SSSR count). The Morgan fingerprint density at radius 3 is 2.75 bits per heavy atom. The first-order chi connectivity index (χ1) is 9.06. The highest BCUT2D eigenvalue weighted by Gasteiger charge is 2.21. The fourth-order valence-corrected chi connectivity index (χ4v) is 4.44. The second-order valence-corrected chi connectivity index (χ2v) is 7.17. The van der Waals surface area contributed by atoms with Crippen LogP contribution in [0, 0.1) is 0 Å². The number of likely N-dealkylation sites (N-methyl/N-ethyl adjacent to an activating group) is 1. The van der Waals surface area contributed by atoms with Crippen LogP contribution in [0.25, 0.3) is 10.1 Å². The van der Waals surface area contributed by atoms with Gasteiger partial charge in [-0.25, -0.2) is 0 Å². The first-order valence-corrected chi connectivity index (χ1v) is 7.80. The van der Waals surface area contributed by atoms with Crippen LogP contribution in [0.4, 0.5) is 0 Å². The maximum atomic E-state index is 6.42. The summed E-state index contributed by atoms with van der Waals surface area (Å²) in [6, 6.07) is 4.24. The van der Waals surface area contributed by atoms with Crippen molar-refractivity contribution in [3.05, 3.63) is 33.2 Å². The molecule has 0 saturated heterocycles. The average molecular weight is 331 g/mol. The number of thiophene rings is 1. The van der Waals surface area contributed by atoms with Crippen LogP contribution in [0.5, 0.6) is 0 Å². The molecular weight excluding hydrogens is 311 g/mol. The molecule has 1 aliphatic rings. The molecule has 0 amide bonds. The minimum Gasteiger partial charge on any atom is -0.304 e. The Hall–Kier alpha value is -0.320.